The van der Waals surface area contributed by atoms with Crippen molar-refractivity contribution in [1.29, 1.82) is 0 Å². The molecule has 164 valence electrons. The quantitative estimate of drug-likeness (QED) is 0.746. The van der Waals surface area contributed by atoms with Crippen LogP contribution in [0, 0.1) is 0 Å². The maximum absolute atomic E-state index is 12.2. The minimum Gasteiger partial charge on any atom is -0.488 e. The zero-order valence-electron chi connectivity index (χ0n) is 17.7. The third-order valence-corrected chi connectivity index (χ3v) is 6.18. The van der Waals surface area contributed by atoms with Crippen LogP contribution < -0.4 is 9.64 Å². The van der Waals surface area contributed by atoms with Gasteiger partial charge in [0.05, 0.1) is 24.8 Å². The number of aliphatic imine (C=N–C) groups is 1. The highest BCUT2D eigenvalue weighted by atomic mass is 16.5. The van der Waals surface area contributed by atoms with E-state index in [0.717, 1.165) is 93.0 Å². The van der Waals surface area contributed by atoms with Gasteiger partial charge in [0, 0.05) is 49.6 Å². The number of amides is 1. The van der Waals surface area contributed by atoms with Gasteiger partial charge in [-0.05, 0) is 44.6 Å². The molecule has 1 aliphatic carbocycles. The van der Waals surface area contributed by atoms with Crippen LogP contribution in [0.5, 0.6) is 5.75 Å². The van der Waals surface area contributed by atoms with Crippen molar-refractivity contribution in [3.8, 4) is 5.75 Å². The van der Waals surface area contributed by atoms with Crippen LogP contribution in [0.15, 0.2) is 29.5 Å². The molecule has 1 amide bonds. The van der Waals surface area contributed by atoms with Gasteiger partial charge in [-0.3, -0.25) is 9.78 Å². The first kappa shape index (κ1) is 20.3. The second-order valence-electron chi connectivity index (χ2n) is 8.30. The monoisotopic (exact) mass is 424 g/mol. The molecule has 1 saturated carbocycles. The summed E-state index contributed by atoms with van der Waals surface area (Å²) in [5, 5.41) is 0. The van der Waals surface area contributed by atoms with E-state index < -0.39 is 0 Å². The number of ether oxygens (including phenoxy) is 3. The molecule has 1 atom stereocenters. The summed E-state index contributed by atoms with van der Waals surface area (Å²) in [6.45, 7) is 3.83. The molecule has 8 heteroatoms. The number of morpholine rings is 1. The lowest BCUT2D eigenvalue weighted by molar-refractivity contribution is -0.126. The van der Waals surface area contributed by atoms with Gasteiger partial charge in [-0.2, -0.15) is 0 Å². The van der Waals surface area contributed by atoms with E-state index in [1.807, 2.05) is 0 Å². The van der Waals surface area contributed by atoms with Gasteiger partial charge in [-0.1, -0.05) is 0 Å². The molecular weight excluding hydrogens is 396 g/mol. The fraction of sp³-hybridized carbons (Fsp3) is 0.565. The fourth-order valence-electron chi connectivity index (χ4n) is 4.46. The molecule has 8 nitrogen and oxygen atoms in total. The molecule has 1 aromatic carbocycles. The number of anilines is 1. The molecule has 1 unspecified atom stereocenters. The van der Waals surface area contributed by atoms with Gasteiger partial charge < -0.3 is 19.1 Å². The minimum atomic E-state index is -0.339. The van der Waals surface area contributed by atoms with Crippen molar-refractivity contribution in [2.75, 3.05) is 37.8 Å². The Morgan fingerprint density at radius 3 is 2.65 bits per heavy atom. The number of rotatable bonds is 4. The molecule has 0 N–H and O–H groups in total. The molecule has 0 bridgehead atoms. The number of nitrogens with zero attached hydrogens (tertiary/aromatic N) is 4. The van der Waals surface area contributed by atoms with Gasteiger partial charge in [0.15, 0.2) is 0 Å². The fourth-order valence-corrected chi connectivity index (χ4v) is 4.46. The molecule has 0 radical (unpaired) electrons. The lowest BCUT2D eigenvalue weighted by atomic mass is 9.95. The average Bonchev–Trinajstić information content (AvgIpc) is 3.36. The van der Waals surface area contributed by atoms with Crippen molar-refractivity contribution in [2.24, 2.45) is 4.99 Å². The highest BCUT2D eigenvalue weighted by molar-refractivity contribution is 5.97. The molecule has 1 aromatic heterocycles. The van der Waals surface area contributed by atoms with Crippen LogP contribution in [-0.2, 0) is 14.3 Å². The SMILES string of the molecule is O=C(N=C1CCC(Oc2cc(N3CCOCC3)cc3nccnc23)CC1)C1CCCO1. The van der Waals surface area contributed by atoms with E-state index in [-0.39, 0.29) is 18.1 Å². The van der Waals surface area contributed by atoms with Gasteiger partial charge >= 0.3 is 0 Å². The number of fused-ring (bicyclic) bond motifs is 1. The molecule has 2 aromatic rings. The molecule has 3 heterocycles. The van der Waals surface area contributed by atoms with Crippen LogP contribution in [0.2, 0.25) is 0 Å². The predicted octanol–water partition coefficient (Wildman–Crippen LogP) is 2.93. The van der Waals surface area contributed by atoms with E-state index in [4.69, 9.17) is 14.2 Å². The Morgan fingerprint density at radius 2 is 1.87 bits per heavy atom. The van der Waals surface area contributed by atoms with Crippen LogP contribution in [0.4, 0.5) is 5.69 Å². The van der Waals surface area contributed by atoms with Gasteiger partial charge in [-0.15, -0.1) is 0 Å². The number of benzene rings is 1. The van der Waals surface area contributed by atoms with Gasteiger partial charge in [0.25, 0.3) is 5.91 Å². The molecule has 2 saturated heterocycles. The zero-order valence-corrected chi connectivity index (χ0v) is 17.7. The first-order valence-corrected chi connectivity index (χ1v) is 11.2. The van der Waals surface area contributed by atoms with Crippen LogP contribution >= 0.6 is 0 Å². The summed E-state index contributed by atoms with van der Waals surface area (Å²) in [5.74, 6) is 0.652. The summed E-state index contributed by atoms with van der Waals surface area (Å²) in [4.78, 5) is 27.9. The smallest absolute Gasteiger partial charge is 0.274 e. The van der Waals surface area contributed by atoms with Crippen molar-refractivity contribution in [2.45, 2.75) is 50.7 Å². The second-order valence-corrected chi connectivity index (χ2v) is 8.30. The summed E-state index contributed by atoms with van der Waals surface area (Å²) in [6, 6.07) is 4.15. The Labute approximate surface area is 181 Å². The van der Waals surface area contributed by atoms with Crippen LogP contribution in [0.3, 0.4) is 0 Å². The summed E-state index contributed by atoms with van der Waals surface area (Å²) >= 11 is 0. The standard InChI is InChI=1S/C23H28N4O4/c28-23(20-2-1-11-30-20)26-16-3-5-18(6-4-16)31-21-15-17(27-9-12-29-13-10-27)14-19-22(21)25-8-7-24-19/h7-8,14-15,18,20H,1-6,9-13H2. The van der Waals surface area contributed by atoms with Crippen molar-refractivity contribution in [1.82, 2.24) is 9.97 Å². The number of hydrogen-bond donors (Lipinski definition) is 0. The van der Waals surface area contributed by atoms with Crippen molar-refractivity contribution in [3.63, 3.8) is 0 Å². The van der Waals surface area contributed by atoms with E-state index in [9.17, 15) is 4.79 Å². The Bertz CT molecular complexity index is 957. The first-order valence-electron chi connectivity index (χ1n) is 11.2. The highest BCUT2D eigenvalue weighted by Crippen LogP contribution is 2.32. The topological polar surface area (TPSA) is 86.1 Å². The molecule has 5 rings (SSSR count). The molecule has 3 fully saturated rings. The average molecular weight is 425 g/mol. The number of carbonyl (C=O) groups excluding carboxylic acids is 1. The maximum Gasteiger partial charge on any atom is 0.274 e. The maximum atomic E-state index is 12.2. The minimum absolute atomic E-state index is 0.0712. The zero-order chi connectivity index (χ0) is 21.0. The van der Waals surface area contributed by atoms with Gasteiger partial charge in [-0.25, -0.2) is 9.98 Å². The normalized spacial score (nSPS) is 24.4. The molecule has 3 aliphatic rings. The van der Waals surface area contributed by atoms with E-state index in [0.29, 0.717) is 6.61 Å². The van der Waals surface area contributed by atoms with Crippen molar-refractivity contribution in [3.05, 3.63) is 24.5 Å². The van der Waals surface area contributed by atoms with E-state index >= 15 is 0 Å². The molecule has 31 heavy (non-hydrogen) atoms. The largest absolute Gasteiger partial charge is 0.488 e. The molecular formula is C23H28N4O4. The predicted molar refractivity (Wildman–Crippen MR) is 117 cm³/mol. The lowest BCUT2D eigenvalue weighted by Gasteiger charge is -2.30. The summed E-state index contributed by atoms with van der Waals surface area (Å²) in [6.07, 6.45) is 8.09. The molecule has 2 aliphatic heterocycles. The van der Waals surface area contributed by atoms with Crippen LogP contribution in [0.25, 0.3) is 11.0 Å². The van der Waals surface area contributed by atoms with E-state index in [1.165, 1.54) is 0 Å². The Kier molecular flexibility index (Phi) is 6.08. The third kappa shape index (κ3) is 4.70. The van der Waals surface area contributed by atoms with Crippen LogP contribution in [-0.4, -0.2) is 66.7 Å². The number of carbonyl (C=O) groups is 1. The van der Waals surface area contributed by atoms with Crippen LogP contribution in [0.1, 0.15) is 38.5 Å². The Balaban J connectivity index is 1.28. The third-order valence-electron chi connectivity index (χ3n) is 6.18. The Morgan fingerprint density at radius 1 is 1.06 bits per heavy atom. The summed E-state index contributed by atoms with van der Waals surface area (Å²) < 4.78 is 17.4. The lowest BCUT2D eigenvalue weighted by Crippen LogP contribution is -2.36. The molecule has 0 spiro atoms. The van der Waals surface area contributed by atoms with Crippen molar-refractivity contribution >= 4 is 28.3 Å². The van der Waals surface area contributed by atoms with E-state index in [2.05, 4.69) is 32.0 Å². The van der Waals surface area contributed by atoms with Crippen molar-refractivity contribution < 1.29 is 19.0 Å². The summed E-state index contributed by atoms with van der Waals surface area (Å²) in [5.41, 5.74) is 3.67. The summed E-state index contributed by atoms with van der Waals surface area (Å²) in [7, 11) is 0. The van der Waals surface area contributed by atoms with Gasteiger partial charge in [0.2, 0.25) is 0 Å². The Hall–Kier alpha value is -2.58. The van der Waals surface area contributed by atoms with Gasteiger partial charge in [0.1, 0.15) is 17.4 Å². The van der Waals surface area contributed by atoms with E-state index in [1.54, 1.807) is 12.4 Å². The highest BCUT2D eigenvalue weighted by Gasteiger charge is 2.26. The number of hydrogen-bond acceptors (Lipinski definition) is 7. The number of aromatic nitrogens is 2. The first-order chi connectivity index (χ1) is 15.3. The second kappa shape index (κ2) is 9.28.